The van der Waals surface area contributed by atoms with Crippen LogP contribution in [0.3, 0.4) is 0 Å². The summed E-state index contributed by atoms with van der Waals surface area (Å²) in [5.74, 6) is 1.83. The topological polar surface area (TPSA) is 24.5 Å². The van der Waals surface area contributed by atoms with Crippen LogP contribution in [-0.2, 0) is 6.54 Å². The molecule has 3 heteroatoms. The van der Waals surface area contributed by atoms with Crippen LogP contribution in [0, 0.1) is 5.92 Å². The summed E-state index contributed by atoms with van der Waals surface area (Å²) in [7, 11) is 1.70. The minimum atomic E-state index is 0.626. The van der Waals surface area contributed by atoms with Gasteiger partial charge in [0.15, 0.2) is 0 Å². The Morgan fingerprint density at radius 3 is 2.50 bits per heavy atom. The van der Waals surface area contributed by atoms with E-state index < -0.39 is 0 Å². The number of hydrogen-bond donors (Lipinski definition) is 1. The molecule has 0 aliphatic carbocycles. The van der Waals surface area contributed by atoms with E-state index in [0.29, 0.717) is 6.04 Å². The SMILES string of the molecule is COc1ccc(CNCC(C)N2CCC(C)CC2)cc1. The molecule has 0 bridgehead atoms. The van der Waals surface area contributed by atoms with Crippen LogP contribution >= 0.6 is 0 Å². The van der Waals surface area contributed by atoms with Crippen LogP contribution in [-0.4, -0.2) is 37.7 Å². The molecule has 1 fully saturated rings. The number of benzene rings is 1. The van der Waals surface area contributed by atoms with Gasteiger partial charge < -0.3 is 10.1 Å². The largest absolute Gasteiger partial charge is 0.497 e. The van der Waals surface area contributed by atoms with E-state index in [1.54, 1.807) is 7.11 Å². The van der Waals surface area contributed by atoms with Crippen molar-refractivity contribution < 1.29 is 4.74 Å². The summed E-state index contributed by atoms with van der Waals surface area (Å²) in [6, 6.07) is 8.91. The van der Waals surface area contributed by atoms with Crippen LogP contribution in [0.1, 0.15) is 32.3 Å². The third kappa shape index (κ3) is 4.50. The Kier molecular flexibility index (Phi) is 5.86. The summed E-state index contributed by atoms with van der Waals surface area (Å²) in [5, 5.41) is 3.56. The molecule has 0 spiro atoms. The van der Waals surface area contributed by atoms with Crippen LogP contribution in [0.2, 0.25) is 0 Å². The fraction of sp³-hybridized carbons (Fsp3) is 0.647. The highest BCUT2D eigenvalue weighted by Crippen LogP contribution is 2.17. The van der Waals surface area contributed by atoms with Gasteiger partial charge in [0.25, 0.3) is 0 Å². The molecule has 0 saturated carbocycles. The van der Waals surface area contributed by atoms with Gasteiger partial charge >= 0.3 is 0 Å². The molecular weight excluding hydrogens is 248 g/mol. The number of rotatable bonds is 6. The van der Waals surface area contributed by atoms with Crippen molar-refractivity contribution in [2.75, 3.05) is 26.7 Å². The molecule has 0 amide bonds. The summed E-state index contributed by atoms with van der Waals surface area (Å²) >= 11 is 0. The van der Waals surface area contributed by atoms with Gasteiger partial charge in [0.05, 0.1) is 7.11 Å². The van der Waals surface area contributed by atoms with Crippen LogP contribution in [0.5, 0.6) is 5.75 Å². The number of methoxy groups -OCH3 is 1. The van der Waals surface area contributed by atoms with Gasteiger partial charge in [-0.2, -0.15) is 0 Å². The van der Waals surface area contributed by atoms with Crippen molar-refractivity contribution in [3.8, 4) is 5.75 Å². The molecule has 1 unspecified atom stereocenters. The highest BCUT2D eigenvalue weighted by Gasteiger charge is 2.19. The van der Waals surface area contributed by atoms with Gasteiger partial charge in [-0.15, -0.1) is 0 Å². The lowest BCUT2D eigenvalue weighted by Crippen LogP contribution is -2.44. The van der Waals surface area contributed by atoms with Crippen molar-refractivity contribution in [3.63, 3.8) is 0 Å². The zero-order valence-electron chi connectivity index (χ0n) is 13.1. The lowest BCUT2D eigenvalue weighted by molar-refractivity contribution is 0.144. The second kappa shape index (κ2) is 7.65. The Bertz CT molecular complexity index is 382. The molecule has 0 aromatic heterocycles. The molecule has 1 aliphatic heterocycles. The van der Waals surface area contributed by atoms with Gasteiger partial charge in [0, 0.05) is 19.1 Å². The molecule has 1 N–H and O–H groups in total. The number of likely N-dealkylation sites (tertiary alicyclic amines) is 1. The van der Waals surface area contributed by atoms with E-state index in [9.17, 15) is 0 Å². The zero-order chi connectivity index (χ0) is 14.4. The summed E-state index contributed by atoms with van der Waals surface area (Å²) < 4.78 is 5.17. The van der Waals surface area contributed by atoms with Gasteiger partial charge in [-0.3, -0.25) is 4.90 Å². The number of nitrogens with zero attached hydrogens (tertiary/aromatic N) is 1. The standard InChI is InChI=1S/C17H28N2O/c1-14-8-10-19(11-9-14)15(2)12-18-13-16-4-6-17(20-3)7-5-16/h4-7,14-15,18H,8-13H2,1-3H3. The second-order valence-electron chi connectivity index (χ2n) is 6.05. The molecule has 1 atom stereocenters. The summed E-state index contributed by atoms with van der Waals surface area (Å²) in [5.41, 5.74) is 1.31. The summed E-state index contributed by atoms with van der Waals surface area (Å²) in [6.45, 7) is 9.19. The fourth-order valence-electron chi connectivity index (χ4n) is 2.77. The van der Waals surface area contributed by atoms with E-state index in [1.807, 2.05) is 12.1 Å². The van der Waals surface area contributed by atoms with Gasteiger partial charge in [-0.25, -0.2) is 0 Å². The maximum Gasteiger partial charge on any atom is 0.118 e. The van der Waals surface area contributed by atoms with Crippen molar-refractivity contribution in [2.45, 2.75) is 39.3 Å². The van der Waals surface area contributed by atoms with Crippen molar-refractivity contribution in [2.24, 2.45) is 5.92 Å². The number of hydrogen-bond acceptors (Lipinski definition) is 3. The molecule has 0 radical (unpaired) electrons. The van der Waals surface area contributed by atoms with E-state index in [0.717, 1.165) is 24.8 Å². The van der Waals surface area contributed by atoms with E-state index in [1.165, 1.54) is 31.5 Å². The minimum absolute atomic E-state index is 0.626. The minimum Gasteiger partial charge on any atom is -0.497 e. The highest BCUT2D eigenvalue weighted by atomic mass is 16.5. The third-order valence-corrected chi connectivity index (χ3v) is 4.37. The molecule has 1 aromatic carbocycles. The van der Waals surface area contributed by atoms with E-state index in [-0.39, 0.29) is 0 Å². The third-order valence-electron chi connectivity index (χ3n) is 4.37. The number of ether oxygens (including phenoxy) is 1. The zero-order valence-corrected chi connectivity index (χ0v) is 13.1. The summed E-state index contributed by atoms with van der Waals surface area (Å²) in [6.07, 6.45) is 2.70. The first-order valence-corrected chi connectivity index (χ1v) is 7.76. The Morgan fingerprint density at radius 1 is 1.25 bits per heavy atom. The fourth-order valence-corrected chi connectivity index (χ4v) is 2.77. The Hall–Kier alpha value is -1.06. The van der Waals surface area contributed by atoms with E-state index >= 15 is 0 Å². The molecule has 3 nitrogen and oxygen atoms in total. The molecule has 1 aliphatic rings. The van der Waals surface area contributed by atoms with Gasteiger partial charge in [-0.1, -0.05) is 19.1 Å². The molecule has 20 heavy (non-hydrogen) atoms. The predicted octanol–water partition coefficient (Wildman–Crippen LogP) is 2.91. The number of nitrogens with one attached hydrogen (secondary N) is 1. The first-order chi connectivity index (χ1) is 9.69. The van der Waals surface area contributed by atoms with Crippen molar-refractivity contribution >= 4 is 0 Å². The average molecular weight is 276 g/mol. The Balaban J connectivity index is 1.69. The molecule has 1 heterocycles. The van der Waals surface area contributed by atoms with Gasteiger partial charge in [0.2, 0.25) is 0 Å². The quantitative estimate of drug-likeness (QED) is 0.864. The smallest absolute Gasteiger partial charge is 0.118 e. The predicted molar refractivity (Wildman–Crippen MR) is 84.1 cm³/mol. The second-order valence-corrected chi connectivity index (χ2v) is 6.05. The van der Waals surface area contributed by atoms with Crippen molar-refractivity contribution in [3.05, 3.63) is 29.8 Å². The lowest BCUT2D eigenvalue weighted by Gasteiger charge is -2.35. The molecule has 1 saturated heterocycles. The van der Waals surface area contributed by atoms with Crippen molar-refractivity contribution in [1.29, 1.82) is 0 Å². The Morgan fingerprint density at radius 2 is 1.90 bits per heavy atom. The molecule has 112 valence electrons. The van der Waals surface area contributed by atoms with E-state index in [4.69, 9.17) is 4.74 Å². The van der Waals surface area contributed by atoms with E-state index in [2.05, 4.69) is 36.2 Å². The van der Waals surface area contributed by atoms with Crippen LogP contribution in [0.15, 0.2) is 24.3 Å². The van der Waals surface area contributed by atoms with Crippen LogP contribution in [0.25, 0.3) is 0 Å². The molecule has 1 aromatic rings. The average Bonchev–Trinajstić information content (AvgIpc) is 2.48. The maximum atomic E-state index is 5.17. The summed E-state index contributed by atoms with van der Waals surface area (Å²) in [4.78, 5) is 2.61. The monoisotopic (exact) mass is 276 g/mol. The van der Waals surface area contributed by atoms with Gasteiger partial charge in [-0.05, 0) is 56.5 Å². The maximum absolute atomic E-state index is 5.17. The first-order valence-electron chi connectivity index (χ1n) is 7.76. The lowest BCUT2D eigenvalue weighted by atomic mass is 9.98. The Labute approximate surface area is 123 Å². The van der Waals surface area contributed by atoms with Crippen LogP contribution in [0.4, 0.5) is 0 Å². The highest BCUT2D eigenvalue weighted by molar-refractivity contribution is 5.26. The van der Waals surface area contributed by atoms with Gasteiger partial charge in [0.1, 0.15) is 5.75 Å². The molecular formula is C17H28N2O. The van der Waals surface area contributed by atoms with Crippen molar-refractivity contribution in [1.82, 2.24) is 10.2 Å². The van der Waals surface area contributed by atoms with Crippen LogP contribution < -0.4 is 10.1 Å². The number of piperidine rings is 1. The normalized spacial score (nSPS) is 18.9. The first kappa shape index (κ1) is 15.3. The molecule has 2 rings (SSSR count).